The lowest BCUT2D eigenvalue weighted by Crippen LogP contribution is -2.32. The van der Waals surface area contributed by atoms with Gasteiger partial charge in [-0.15, -0.1) is 0 Å². The highest BCUT2D eigenvalue weighted by Gasteiger charge is 2.17. The molecule has 0 bridgehead atoms. The highest BCUT2D eigenvalue weighted by atomic mass is 35.5. The molecular formula is C28H19Cl2N3O5. The zero-order chi connectivity index (χ0) is 26.5. The van der Waals surface area contributed by atoms with Gasteiger partial charge < -0.3 is 19.2 Å². The van der Waals surface area contributed by atoms with Gasteiger partial charge in [-0.2, -0.15) is 5.10 Å². The Morgan fingerprint density at radius 1 is 0.895 bits per heavy atom. The molecule has 3 aromatic carbocycles. The van der Waals surface area contributed by atoms with Gasteiger partial charge >= 0.3 is 0 Å². The first-order valence-corrected chi connectivity index (χ1v) is 12.1. The maximum Gasteiger partial charge on any atom is 0.287 e. The maximum atomic E-state index is 13.0. The first-order chi connectivity index (χ1) is 18.5. The van der Waals surface area contributed by atoms with Gasteiger partial charge in [-0.1, -0.05) is 47.5 Å². The second-order valence-corrected chi connectivity index (χ2v) is 8.86. The van der Waals surface area contributed by atoms with Crippen LogP contribution in [0.2, 0.25) is 10.0 Å². The summed E-state index contributed by atoms with van der Waals surface area (Å²) in [5, 5.41) is 7.62. The monoisotopic (exact) mass is 547 g/mol. The van der Waals surface area contributed by atoms with Crippen LogP contribution in [0, 0.1) is 0 Å². The topological polar surface area (TPSA) is 102 Å². The Labute approximate surface area is 227 Å². The minimum Gasteiger partial charge on any atom is -0.455 e. The Hall–Kier alpha value is -4.53. The lowest BCUT2D eigenvalue weighted by atomic mass is 10.1. The number of carbonyl (C=O) groups is 2. The first kappa shape index (κ1) is 25.1. The summed E-state index contributed by atoms with van der Waals surface area (Å²) in [5.74, 6) is 0.899. The van der Waals surface area contributed by atoms with E-state index in [0.717, 1.165) is 0 Å². The fourth-order valence-electron chi connectivity index (χ4n) is 3.58. The van der Waals surface area contributed by atoms with Crippen molar-refractivity contribution in [1.82, 2.24) is 10.7 Å². The second kappa shape index (κ2) is 11.2. The van der Waals surface area contributed by atoms with E-state index >= 15 is 0 Å². The lowest BCUT2D eigenvalue weighted by molar-refractivity contribution is -0.117. The van der Waals surface area contributed by atoms with Gasteiger partial charge in [0, 0.05) is 16.1 Å². The van der Waals surface area contributed by atoms with Crippen LogP contribution in [0.4, 0.5) is 0 Å². The number of hydrogen-bond donors (Lipinski definition) is 2. The number of hydrogen-bond acceptors (Lipinski definition) is 6. The minimum atomic E-state index is -0.645. The Kier molecular flexibility index (Phi) is 7.44. The summed E-state index contributed by atoms with van der Waals surface area (Å²) in [6, 6.07) is 22.1. The number of rotatable bonds is 7. The fraction of sp³-hybridized carbons (Fsp3) is 0.0357. The molecule has 0 saturated heterocycles. The molecule has 1 aliphatic rings. The normalized spacial score (nSPS) is 12.5. The summed E-state index contributed by atoms with van der Waals surface area (Å²) in [6.07, 6.45) is 2.84. The number of carbonyl (C=O) groups excluding carboxylic acids is 2. The molecule has 5 rings (SSSR count). The van der Waals surface area contributed by atoms with E-state index in [1.807, 2.05) is 0 Å². The van der Waals surface area contributed by atoms with Crippen molar-refractivity contribution in [3.8, 4) is 22.8 Å². The van der Waals surface area contributed by atoms with E-state index in [-0.39, 0.29) is 12.5 Å². The molecule has 0 unspecified atom stereocenters. The van der Waals surface area contributed by atoms with E-state index in [1.165, 1.54) is 12.3 Å². The number of fused-ring (bicyclic) bond motifs is 1. The van der Waals surface area contributed by atoms with Gasteiger partial charge in [-0.05, 0) is 66.2 Å². The maximum absolute atomic E-state index is 13.0. The number of furan rings is 1. The van der Waals surface area contributed by atoms with Crippen LogP contribution >= 0.6 is 23.2 Å². The third-order valence-electron chi connectivity index (χ3n) is 5.41. The van der Waals surface area contributed by atoms with Gasteiger partial charge in [0.2, 0.25) is 6.79 Å². The molecule has 0 fully saturated rings. The molecule has 0 atom stereocenters. The molecule has 0 aliphatic carbocycles. The number of halogens is 2. The number of nitrogens with zero attached hydrogens (tertiary/aromatic N) is 1. The standard InChI is InChI=1S/C28H19Cl2N3O5/c29-19-7-9-22(30)21(14-19)24-11-8-20(38-24)15-31-33-28(35)23(32-27(34)18-4-2-1-3-5-18)12-17-6-10-25-26(13-17)37-16-36-25/h1-15H,16H2,(H,32,34)(H,33,35)/b23-12+,31-15-. The van der Waals surface area contributed by atoms with E-state index in [0.29, 0.717) is 49.8 Å². The largest absolute Gasteiger partial charge is 0.455 e. The van der Waals surface area contributed by atoms with Crippen molar-refractivity contribution in [1.29, 1.82) is 0 Å². The van der Waals surface area contributed by atoms with Crippen LogP contribution in [-0.2, 0) is 4.79 Å². The van der Waals surface area contributed by atoms with Crippen molar-refractivity contribution < 1.29 is 23.5 Å². The molecule has 8 nitrogen and oxygen atoms in total. The van der Waals surface area contributed by atoms with E-state index in [9.17, 15) is 9.59 Å². The molecule has 1 aromatic heterocycles. The van der Waals surface area contributed by atoms with E-state index in [4.69, 9.17) is 37.1 Å². The van der Waals surface area contributed by atoms with Gasteiger partial charge in [0.25, 0.3) is 11.8 Å². The molecule has 10 heteroatoms. The van der Waals surface area contributed by atoms with Crippen molar-refractivity contribution in [2.75, 3.05) is 6.79 Å². The van der Waals surface area contributed by atoms with Crippen LogP contribution in [-0.4, -0.2) is 24.8 Å². The molecule has 4 aromatic rings. The summed E-state index contributed by atoms with van der Waals surface area (Å²) >= 11 is 12.3. The summed E-state index contributed by atoms with van der Waals surface area (Å²) in [6.45, 7) is 0.118. The minimum absolute atomic E-state index is 0.0271. The van der Waals surface area contributed by atoms with E-state index in [2.05, 4.69) is 15.8 Å². The summed E-state index contributed by atoms with van der Waals surface area (Å²) < 4.78 is 16.5. The molecule has 2 N–H and O–H groups in total. The van der Waals surface area contributed by atoms with Crippen LogP contribution in [0.5, 0.6) is 11.5 Å². The third kappa shape index (κ3) is 5.88. The molecule has 0 radical (unpaired) electrons. The van der Waals surface area contributed by atoms with E-state index < -0.39 is 11.8 Å². The number of hydrazone groups is 1. The molecule has 0 saturated carbocycles. The molecule has 0 spiro atoms. The predicted octanol–water partition coefficient (Wildman–Crippen LogP) is 5.90. The number of amides is 2. The van der Waals surface area contributed by atoms with Crippen LogP contribution in [0.25, 0.3) is 17.4 Å². The molecular weight excluding hydrogens is 529 g/mol. The van der Waals surface area contributed by atoms with Crippen molar-refractivity contribution in [3.63, 3.8) is 0 Å². The number of ether oxygens (including phenoxy) is 2. The Balaban J connectivity index is 1.34. The lowest BCUT2D eigenvalue weighted by Gasteiger charge is -2.09. The molecule has 190 valence electrons. The van der Waals surface area contributed by atoms with Gasteiger partial charge in [-0.3, -0.25) is 9.59 Å². The smallest absolute Gasteiger partial charge is 0.287 e. The van der Waals surface area contributed by atoms with Gasteiger partial charge in [-0.25, -0.2) is 5.43 Å². The summed E-state index contributed by atoms with van der Waals surface area (Å²) in [7, 11) is 0. The van der Waals surface area contributed by atoms with E-state index in [1.54, 1.807) is 78.9 Å². The van der Waals surface area contributed by atoms with Gasteiger partial charge in [0.05, 0.1) is 11.2 Å². The van der Waals surface area contributed by atoms with Crippen molar-refractivity contribution >= 4 is 47.3 Å². The Bertz CT molecular complexity index is 1560. The van der Waals surface area contributed by atoms with Gasteiger partial charge in [0.1, 0.15) is 17.2 Å². The number of nitrogens with one attached hydrogen (secondary N) is 2. The Morgan fingerprint density at radius 2 is 1.71 bits per heavy atom. The zero-order valence-electron chi connectivity index (χ0n) is 19.6. The molecule has 2 heterocycles. The summed E-state index contributed by atoms with van der Waals surface area (Å²) in [5.41, 5.74) is 4.02. The fourth-order valence-corrected chi connectivity index (χ4v) is 3.96. The predicted molar refractivity (Wildman–Crippen MR) is 144 cm³/mol. The SMILES string of the molecule is O=C(N/N=C\c1ccc(-c2cc(Cl)ccc2Cl)o1)/C(=C\c1ccc2c(c1)OCO2)NC(=O)c1ccccc1. The highest BCUT2D eigenvalue weighted by Crippen LogP contribution is 2.33. The van der Waals surface area contributed by atoms with Gasteiger partial charge in [0.15, 0.2) is 11.5 Å². The summed E-state index contributed by atoms with van der Waals surface area (Å²) in [4.78, 5) is 25.8. The average molecular weight is 548 g/mol. The quantitative estimate of drug-likeness (QED) is 0.170. The van der Waals surface area contributed by atoms with Crippen LogP contribution in [0.3, 0.4) is 0 Å². The molecule has 38 heavy (non-hydrogen) atoms. The average Bonchev–Trinajstić information content (AvgIpc) is 3.59. The zero-order valence-corrected chi connectivity index (χ0v) is 21.1. The third-order valence-corrected chi connectivity index (χ3v) is 5.98. The highest BCUT2D eigenvalue weighted by molar-refractivity contribution is 6.35. The van der Waals surface area contributed by atoms with Crippen molar-refractivity contribution in [2.24, 2.45) is 5.10 Å². The molecule has 1 aliphatic heterocycles. The van der Waals surface area contributed by atoms with Crippen LogP contribution < -0.4 is 20.2 Å². The van der Waals surface area contributed by atoms with Crippen LogP contribution in [0.15, 0.2) is 94.1 Å². The van der Waals surface area contributed by atoms with Crippen LogP contribution in [0.1, 0.15) is 21.7 Å². The Morgan fingerprint density at radius 3 is 2.55 bits per heavy atom. The number of benzene rings is 3. The second-order valence-electron chi connectivity index (χ2n) is 8.02. The molecule has 2 amide bonds. The van der Waals surface area contributed by atoms with Crippen molar-refractivity contribution in [3.05, 3.63) is 111 Å². The van der Waals surface area contributed by atoms with Crippen molar-refractivity contribution in [2.45, 2.75) is 0 Å². The first-order valence-electron chi connectivity index (χ1n) is 11.3.